The first kappa shape index (κ1) is 18.4. The van der Waals surface area contributed by atoms with Crippen molar-refractivity contribution in [2.24, 2.45) is 5.73 Å². The molecule has 7 nitrogen and oxygen atoms in total. The summed E-state index contributed by atoms with van der Waals surface area (Å²) >= 11 is 3.38. The van der Waals surface area contributed by atoms with Crippen LogP contribution in [0.5, 0.6) is 11.6 Å². The SMILES string of the molecule is NC(=O)Nc1ccc(C(=O)Nc2ccc(Oc3cccc(Br)c3)nc2)cc1. The molecule has 3 rings (SSSR count). The third-order valence-corrected chi connectivity index (χ3v) is 3.92. The Kier molecular flexibility index (Phi) is 5.68. The van der Waals surface area contributed by atoms with E-state index in [0.29, 0.717) is 28.6 Å². The van der Waals surface area contributed by atoms with Crippen LogP contribution in [0.25, 0.3) is 0 Å². The quantitative estimate of drug-likeness (QED) is 0.562. The van der Waals surface area contributed by atoms with E-state index in [1.54, 1.807) is 36.4 Å². The highest BCUT2D eigenvalue weighted by atomic mass is 79.9. The van der Waals surface area contributed by atoms with Crippen LogP contribution in [0.4, 0.5) is 16.2 Å². The number of urea groups is 1. The van der Waals surface area contributed by atoms with Gasteiger partial charge in [0.05, 0.1) is 11.9 Å². The number of hydrogen-bond acceptors (Lipinski definition) is 4. The maximum absolute atomic E-state index is 12.3. The maximum Gasteiger partial charge on any atom is 0.316 e. The minimum atomic E-state index is -0.663. The summed E-state index contributed by atoms with van der Waals surface area (Å²) in [5.41, 5.74) is 6.51. The summed E-state index contributed by atoms with van der Waals surface area (Å²) in [7, 11) is 0. The second kappa shape index (κ2) is 8.33. The van der Waals surface area contributed by atoms with Gasteiger partial charge in [0.1, 0.15) is 5.75 Å². The molecule has 0 fully saturated rings. The fourth-order valence-electron chi connectivity index (χ4n) is 2.22. The average molecular weight is 427 g/mol. The molecule has 0 bridgehead atoms. The van der Waals surface area contributed by atoms with E-state index in [1.165, 1.54) is 6.20 Å². The summed E-state index contributed by atoms with van der Waals surface area (Å²) in [6, 6.07) is 16.4. The van der Waals surface area contributed by atoms with Gasteiger partial charge in [-0.15, -0.1) is 0 Å². The second-order valence-corrected chi connectivity index (χ2v) is 6.38. The summed E-state index contributed by atoms with van der Waals surface area (Å²) in [6.07, 6.45) is 1.51. The number of nitrogens with zero attached hydrogens (tertiary/aromatic N) is 1. The van der Waals surface area contributed by atoms with E-state index in [1.807, 2.05) is 24.3 Å². The molecule has 2 aromatic carbocycles. The number of carbonyl (C=O) groups is 2. The average Bonchev–Trinajstić information content (AvgIpc) is 2.63. The number of primary amides is 1. The maximum atomic E-state index is 12.3. The summed E-state index contributed by atoms with van der Waals surface area (Å²) in [5, 5.41) is 5.17. The summed E-state index contributed by atoms with van der Waals surface area (Å²) in [6.45, 7) is 0. The Balaban J connectivity index is 1.62. The minimum Gasteiger partial charge on any atom is -0.439 e. The predicted octanol–water partition coefficient (Wildman–Crippen LogP) is 4.38. The second-order valence-electron chi connectivity index (χ2n) is 5.47. The lowest BCUT2D eigenvalue weighted by Crippen LogP contribution is -2.19. The zero-order chi connectivity index (χ0) is 19.2. The molecule has 3 aromatic rings. The molecule has 0 saturated carbocycles. The molecule has 0 aliphatic heterocycles. The van der Waals surface area contributed by atoms with Crippen molar-refractivity contribution >= 4 is 39.2 Å². The van der Waals surface area contributed by atoms with Crippen LogP contribution < -0.4 is 21.1 Å². The molecule has 1 heterocycles. The highest BCUT2D eigenvalue weighted by Gasteiger charge is 2.07. The predicted molar refractivity (Wildman–Crippen MR) is 106 cm³/mol. The van der Waals surface area contributed by atoms with Gasteiger partial charge in [0.15, 0.2) is 0 Å². The van der Waals surface area contributed by atoms with Gasteiger partial charge in [-0.3, -0.25) is 4.79 Å². The first-order chi connectivity index (χ1) is 13.0. The molecule has 0 aliphatic rings. The number of ether oxygens (including phenoxy) is 1. The van der Waals surface area contributed by atoms with E-state index in [0.717, 1.165) is 4.47 Å². The van der Waals surface area contributed by atoms with Crippen molar-refractivity contribution in [2.45, 2.75) is 0 Å². The van der Waals surface area contributed by atoms with Gasteiger partial charge in [-0.25, -0.2) is 9.78 Å². The Labute approximate surface area is 163 Å². The topological polar surface area (TPSA) is 106 Å². The van der Waals surface area contributed by atoms with Crippen molar-refractivity contribution in [3.8, 4) is 11.6 Å². The van der Waals surface area contributed by atoms with Crippen LogP contribution in [0.15, 0.2) is 71.3 Å². The van der Waals surface area contributed by atoms with Gasteiger partial charge in [-0.05, 0) is 48.5 Å². The third-order valence-electron chi connectivity index (χ3n) is 3.43. The van der Waals surface area contributed by atoms with Gasteiger partial charge in [0.25, 0.3) is 5.91 Å². The lowest BCUT2D eigenvalue weighted by Gasteiger charge is -2.08. The summed E-state index contributed by atoms with van der Waals surface area (Å²) in [5.74, 6) is 0.759. The molecule has 136 valence electrons. The highest BCUT2D eigenvalue weighted by molar-refractivity contribution is 9.10. The van der Waals surface area contributed by atoms with Gasteiger partial charge < -0.3 is 21.1 Å². The van der Waals surface area contributed by atoms with E-state index < -0.39 is 6.03 Å². The first-order valence-corrected chi connectivity index (χ1v) is 8.66. The molecule has 4 N–H and O–H groups in total. The highest BCUT2D eigenvalue weighted by Crippen LogP contribution is 2.23. The molecule has 0 atom stereocenters. The Morgan fingerprint density at radius 3 is 2.33 bits per heavy atom. The lowest BCUT2D eigenvalue weighted by molar-refractivity contribution is 0.102. The van der Waals surface area contributed by atoms with E-state index in [2.05, 4.69) is 31.5 Å². The van der Waals surface area contributed by atoms with Crippen LogP contribution >= 0.6 is 15.9 Å². The largest absolute Gasteiger partial charge is 0.439 e. The zero-order valence-corrected chi connectivity index (χ0v) is 15.6. The Bertz CT molecular complexity index is 959. The molecule has 27 heavy (non-hydrogen) atoms. The number of halogens is 1. The molecule has 0 radical (unpaired) electrons. The van der Waals surface area contributed by atoms with Crippen molar-refractivity contribution in [1.29, 1.82) is 0 Å². The van der Waals surface area contributed by atoms with E-state index in [-0.39, 0.29) is 5.91 Å². The number of anilines is 2. The van der Waals surface area contributed by atoms with Crippen LogP contribution in [0, 0.1) is 0 Å². The molecule has 8 heteroatoms. The van der Waals surface area contributed by atoms with Crippen LogP contribution in [0.2, 0.25) is 0 Å². The van der Waals surface area contributed by atoms with Gasteiger partial charge in [0, 0.05) is 21.8 Å². The lowest BCUT2D eigenvalue weighted by atomic mass is 10.2. The fourth-order valence-corrected chi connectivity index (χ4v) is 2.59. The minimum absolute atomic E-state index is 0.303. The normalized spacial score (nSPS) is 10.1. The third kappa shape index (κ3) is 5.29. The van der Waals surface area contributed by atoms with E-state index in [9.17, 15) is 9.59 Å². The number of rotatable bonds is 5. The molecule has 0 unspecified atom stereocenters. The van der Waals surface area contributed by atoms with Crippen molar-refractivity contribution in [2.75, 3.05) is 10.6 Å². The van der Waals surface area contributed by atoms with Crippen LogP contribution in [-0.4, -0.2) is 16.9 Å². The van der Waals surface area contributed by atoms with Gasteiger partial charge in [0.2, 0.25) is 5.88 Å². The van der Waals surface area contributed by atoms with Crippen molar-refractivity contribution in [1.82, 2.24) is 4.98 Å². The number of aromatic nitrogens is 1. The first-order valence-electron chi connectivity index (χ1n) is 7.87. The number of nitrogens with one attached hydrogen (secondary N) is 2. The number of hydrogen-bond donors (Lipinski definition) is 3. The zero-order valence-electron chi connectivity index (χ0n) is 14.0. The number of carbonyl (C=O) groups excluding carboxylic acids is 2. The van der Waals surface area contributed by atoms with Gasteiger partial charge in [-0.2, -0.15) is 0 Å². The standard InChI is InChI=1S/C19H15BrN4O3/c20-13-2-1-3-16(10-13)27-17-9-8-15(11-22-17)23-18(25)12-4-6-14(7-5-12)24-19(21)26/h1-11H,(H,23,25)(H3,21,24,26). The number of pyridine rings is 1. The molecular formula is C19H15BrN4O3. The van der Waals surface area contributed by atoms with Gasteiger partial charge in [-0.1, -0.05) is 22.0 Å². The molecule has 0 spiro atoms. The Hall–Kier alpha value is -3.39. The Morgan fingerprint density at radius 2 is 1.70 bits per heavy atom. The van der Waals surface area contributed by atoms with Crippen LogP contribution in [0.3, 0.4) is 0 Å². The van der Waals surface area contributed by atoms with E-state index in [4.69, 9.17) is 10.5 Å². The van der Waals surface area contributed by atoms with E-state index >= 15 is 0 Å². The van der Waals surface area contributed by atoms with Crippen molar-refractivity contribution in [3.05, 3.63) is 76.9 Å². The molecule has 0 saturated heterocycles. The smallest absolute Gasteiger partial charge is 0.316 e. The van der Waals surface area contributed by atoms with Gasteiger partial charge >= 0.3 is 6.03 Å². The summed E-state index contributed by atoms with van der Waals surface area (Å²) < 4.78 is 6.55. The molecule has 1 aromatic heterocycles. The van der Waals surface area contributed by atoms with Crippen LogP contribution in [-0.2, 0) is 0 Å². The molecule has 0 aliphatic carbocycles. The summed E-state index contributed by atoms with van der Waals surface area (Å²) in [4.78, 5) is 27.3. The molecule has 3 amide bonds. The fraction of sp³-hybridized carbons (Fsp3) is 0. The number of amides is 3. The number of benzene rings is 2. The number of nitrogens with two attached hydrogens (primary N) is 1. The Morgan fingerprint density at radius 1 is 0.963 bits per heavy atom. The molecular weight excluding hydrogens is 412 g/mol. The van der Waals surface area contributed by atoms with Crippen LogP contribution in [0.1, 0.15) is 10.4 Å². The van der Waals surface area contributed by atoms with Crippen molar-refractivity contribution < 1.29 is 14.3 Å². The van der Waals surface area contributed by atoms with Crippen molar-refractivity contribution in [3.63, 3.8) is 0 Å². The monoisotopic (exact) mass is 426 g/mol.